The van der Waals surface area contributed by atoms with Crippen molar-refractivity contribution in [2.45, 2.75) is 18.9 Å². The van der Waals surface area contributed by atoms with Crippen molar-refractivity contribution in [2.24, 2.45) is 5.92 Å². The molecule has 0 radical (unpaired) electrons. The maximum atomic E-state index is 11.8. The molecule has 2 saturated heterocycles. The fourth-order valence-electron chi connectivity index (χ4n) is 3.07. The van der Waals surface area contributed by atoms with Crippen LogP contribution in [0.2, 0.25) is 0 Å². The molecule has 0 bridgehead atoms. The summed E-state index contributed by atoms with van der Waals surface area (Å²) >= 11 is 0. The monoisotopic (exact) mass is 276 g/mol. The number of nitrogen functional groups attached to an aromatic ring is 1. The number of nitrogens with zero attached hydrogens (tertiary/aromatic N) is 2. The number of carbonyl (C=O) groups is 2. The van der Waals surface area contributed by atoms with Crippen molar-refractivity contribution in [2.75, 3.05) is 23.7 Å². The Morgan fingerprint density at radius 2 is 2.35 bits per heavy atom. The van der Waals surface area contributed by atoms with Gasteiger partial charge in [0.1, 0.15) is 11.4 Å². The molecule has 1 amide bonds. The zero-order valence-corrected chi connectivity index (χ0v) is 10.9. The largest absolute Gasteiger partial charge is 0.478 e. The minimum atomic E-state index is -1.06. The first-order valence-electron chi connectivity index (χ1n) is 6.61. The van der Waals surface area contributed by atoms with E-state index in [-0.39, 0.29) is 23.4 Å². The SMILES string of the molecule is Nc1cnc(N2CCCC3C(=O)NCC32)c(C(=O)O)c1. The third-order valence-corrected chi connectivity index (χ3v) is 3.99. The smallest absolute Gasteiger partial charge is 0.339 e. The van der Waals surface area contributed by atoms with Gasteiger partial charge >= 0.3 is 5.97 Å². The minimum Gasteiger partial charge on any atom is -0.478 e. The Bertz CT molecular complexity index is 575. The number of carbonyl (C=O) groups excluding carboxylic acids is 1. The molecule has 4 N–H and O–H groups in total. The van der Waals surface area contributed by atoms with Gasteiger partial charge in [-0.3, -0.25) is 4.79 Å². The molecule has 7 nitrogen and oxygen atoms in total. The second-order valence-electron chi connectivity index (χ2n) is 5.20. The number of hydrogen-bond acceptors (Lipinski definition) is 5. The van der Waals surface area contributed by atoms with E-state index in [2.05, 4.69) is 10.3 Å². The van der Waals surface area contributed by atoms with Gasteiger partial charge < -0.3 is 21.1 Å². The zero-order valence-electron chi connectivity index (χ0n) is 10.9. The Hall–Kier alpha value is -2.31. The van der Waals surface area contributed by atoms with Gasteiger partial charge in [-0.25, -0.2) is 9.78 Å². The lowest BCUT2D eigenvalue weighted by atomic mass is 9.91. The summed E-state index contributed by atoms with van der Waals surface area (Å²) in [5.74, 6) is -0.686. The van der Waals surface area contributed by atoms with Crippen molar-refractivity contribution in [1.82, 2.24) is 10.3 Å². The molecule has 2 aliphatic heterocycles. The summed E-state index contributed by atoms with van der Waals surface area (Å²) in [5, 5.41) is 12.1. The van der Waals surface area contributed by atoms with Crippen LogP contribution < -0.4 is 16.0 Å². The highest BCUT2D eigenvalue weighted by atomic mass is 16.4. The molecule has 2 aliphatic rings. The van der Waals surface area contributed by atoms with Crippen LogP contribution in [-0.4, -0.2) is 41.1 Å². The average molecular weight is 276 g/mol. The second kappa shape index (κ2) is 4.66. The number of aromatic carboxylic acids is 1. The van der Waals surface area contributed by atoms with E-state index >= 15 is 0 Å². The van der Waals surface area contributed by atoms with Gasteiger partial charge in [0.25, 0.3) is 0 Å². The summed E-state index contributed by atoms with van der Waals surface area (Å²) in [7, 11) is 0. The Labute approximate surface area is 115 Å². The predicted octanol–water partition coefficient (Wildman–Crippen LogP) is 0.0768. The molecule has 0 spiro atoms. The summed E-state index contributed by atoms with van der Waals surface area (Å²) < 4.78 is 0. The fraction of sp³-hybridized carbons (Fsp3) is 0.462. The van der Waals surface area contributed by atoms with E-state index in [9.17, 15) is 14.7 Å². The van der Waals surface area contributed by atoms with Crippen molar-refractivity contribution in [3.8, 4) is 0 Å². The molecular formula is C13H16N4O3. The van der Waals surface area contributed by atoms with Crippen LogP contribution in [0.4, 0.5) is 11.5 Å². The molecule has 0 saturated carbocycles. The van der Waals surface area contributed by atoms with Gasteiger partial charge in [0.2, 0.25) is 5.91 Å². The first-order valence-corrected chi connectivity index (χ1v) is 6.61. The first-order chi connectivity index (χ1) is 9.58. The molecule has 2 atom stereocenters. The fourth-order valence-corrected chi connectivity index (χ4v) is 3.07. The molecule has 3 rings (SSSR count). The molecule has 3 heterocycles. The first kappa shape index (κ1) is 12.7. The highest BCUT2D eigenvalue weighted by Gasteiger charge is 2.42. The number of hydrogen-bond donors (Lipinski definition) is 3. The number of rotatable bonds is 2. The summed E-state index contributed by atoms with van der Waals surface area (Å²) in [6, 6.07) is 1.39. The topological polar surface area (TPSA) is 109 Å². The Kier molecular flexibility index (Phi) is 2.96. The molecule has 7 heteroatoms. The number of fused-ring (bicyclic) bond motifs is 1. The van der Waals surface area contributed by atoms with Crippen molar-refractivity contribution >= 4 is 23.4 Å². The van der Waals surface area contributed by atoms with E-state index in [4.69, 9.17) is 5.73 Å². The minimum absolute atomic E-state index is 0.0227. The number of nitrogens with two attached hydrogens (primary N) is 1. The van der Waals surface area contributed by atoms with Crippen LogP contribution in [0.15, 0.2) is 12.3 Å². The van der Waals surface area contributed by atoms with Crippen LogP contribution in [-0.2, 0) is 4.79 Å². The Morgan fingerprint density at radius 1 is 1.55 bits per heavy atom. The lowest BCUT2D eigenvalue weighted by molar-refractivity contribution is -0.123. The Balaban J connectivity index is 2.00. The van der Waals surface area contributed by atoms with Gasteiger partial charge in [-0.05, 0) is 18.9 Å². The summed E-state index contributed by atoms with van der Waals surface area (Å²) in [4.78, 5) is 29.2. The maximum absolute atomic E-state index is 11.8. The van der Waals surface area contributed by atoms with Crippen LogP contribution in [0.25, 0.3) is 0 Å². The van der Waals surface area contributed by atoms with E-state index in [1.807, 2.05) is 4.90 Å². The predicted molar refractivity (Wildman–Crippen MR) is 72.5 cm³/mol. The molecule has 106 valence electrons. The number of aromatic nitrogens is 1. The lowest BCUT2D eigenvalue weighted by Crippen LogP contribution is -2.46. The number of carboxylic acid groups (broad SMARTS) is 1. The van der Waals surface area contributed by atoms with E-state index in [0.717, 1.165) is 12.8 Å². The summed E-state index contributed by atoms with van der Waals surface area (Å²) in [6.45, 7) is 1.24. The lowest BCUT2D eigenvalue weighted by Gasteiger charge is -2.37. The van der Waals surface area contributed by atoms with Crippen molar-refractivity contribution in [3.05, 3.63) is 17.8 Å². The summed E-state index contributed by atoms with van der Waals surface area (Å²) in [6.07, 6.45) is 3.14. The van der Waals surface area contributed by atoms with E-state index in [1.54, 1.807) is 0 Å². The van der Waals surface area contributed by atoms with Crippen LogP contribution >= 0.6 is 0 Å². The number of pyridine rings is 1. The molecular weight excluding hydrogens is 260 g/mol. The van der Waals surface area contributed by atoms with E-state index < -0.39 is 5.97 Å². The molecule has 1 aromatic rings. The number of piperidine rings is 1. The van der Waals surface area contributed by atoms with Gasteiger partial charge in [0.05, 0.1) is 23.8 Å². The van der Waals surface area contributed by atoms with Gasteiger partial charge in [0, 0.05) is 13.1 Å². The molecule has 0 aromatic carbocycles. The average Bonchev–Trinajstić information content (AvgIpc) is 2.81. The van der Waals surface area contributed by atoms with Gasteiger partial charge in [-0.1, -0.05) is 0 Å². The third kappa shape index (κ3) is 1.95. The standard InChI is InChI=1S/C13H16N4O3/c14-7-4-9(13(19)20)11(15-5-7)17-3-1-2-8-10(17)6-16-12(8)18/h4-5,8,10H,1-3,6,14H2,(H,16,18)(H,19,20). The van der Waals surface area contributed by atoms with Crippen LogP contribution in [0.5, 0.6) is 0 Å². The normalized spacial score (nSPS) is 25.2. The van der Waals surface area contributed by atoms with Gasteiger partial charge in [0.15, 0.2) is 0 Å². The van der Waals surface area contributed by atoms with Gasteiger partial charge in [-0.2, -0.15) is 0 Å². The van der Waals surface area contributed by atoms with Crippen LogP contribution in [0, 0.1) is 5.92 Å². The maximum Gasteiger partial charge on any atom is 0.339 e. The quantitative estimate of drug-likeness (QED) is 0.705. The number of amides is 1. The van der Waals surface area contributed by atoms with Crippen LogP contribution in [0.1, 0.15) is 23.2 Å². The molecule has 20 heavy (non-hydrogen) atoms. The second-order valence-corrected chi connectivity index (χ2v) is 5.20. The highest BCUT2D eigenvalue weighted by molar-refractivity contribution is 5.94. The number of carboxylic acids is 1. The van der Waals surface area contributed by atoms with Crippen molar-refractivity contribution in [3.63, 3.8) is 0 Å². The highest BCUT2D eigenvalue weighted by Crippen LogP contribution is 2.32. The molecule has 1 aromatic heterocycles. The molecule has 0 aliphatic carbocycles. The number of nitrogens with one attached hydrogen (secondary N) is 1. The van der Waals surface area contributed by atoms with Crippen molar-refractivity contribution in [1.29, 1.82) is 0 Å². The number of anilines is 2. The van der Waals surface area contributed by atoms with Gasteiger partial charge in [-0.15, -0.1) is 0 Å². The van der Waals surface area contributed by atoms with E-state index in [0.29, 0.717) is 24.6 Å². The molecule has 2 fully saturated rings. The van der Waals surface area contributed by atoms with E-state index in [1.165, 1.54) is 12.3 Å². The summed E-state index contributed by atoms with van der Waals surface area (Å²) in [5.41, 5.74) is 6.02. The third-order valence-electron chi connectivity index (χ3n) is 3.99. The zero-order chi connectivity index (χ0) is 14.3. The Morgan fingerprint density at radius 3 is 3.10 bits per heavy atom. The van der Waals surface area contributed by atoms with Crippen LogP contribution in [0.3, 0.4) is 0 Å². The van der Waals surface area contributed by atoms with Crippen molar-refractivity contribution < 1.29 is 14.7 Å². The molecule has 2 unspecified atom stereocenters.